The monoisotopic (exact) mass is 539 g/mol. The van der Waals surface area contributed by atoms with E-state index in [0.29, 0.717) is 31.2 Å². The number of methoxy groups -OCH3 is 1. The standard InChI is InChI=1S/C31H33N5O4/c1-19-22(23-9-7-11-26(20(23)2)33-28(37)25-14-15-32-35(4)30(25)38)8-6-10-24(19)27-13-12-21(29(34-27)40-5)16-36-17-31(3,39)18-36/h6-15,39H,16-18H2,1-5H3,(H,33,37). The van der Waals surface area contributed by atoms with Crippen LogP contribution in [0.3, 0.4) is 0 Å². The van der Waals surface area contributed by atoms with Gasteiger partial charge in [0.05, 0.1) is 18.4 Å². The Kier molecular flexibility index (Phi) is 7.27. The summed E-state index contributed by atoms with van der Waals surface area (Å²) in [6.07, 6.45) is 1.43. The van der Waals surface area contributed by atoms with Crippen molar-refractivity contribution < 1.29 is 14.6 Å². The summed E-state index contributed by atoms with van der Waals surface area (Å²) in [5.41, 5.74) is 6.21. The SMILES string of the molecule is COc1nc(-c2cccc(-c3cccc(NC(=O)c4ccnn(C)c4=O)c3C)c2C)ccc1CN1CC(C)(O)C1. The molecule has 2 aromatic carbocycles. The van der Waals surface area contributed by atoms with Gasteiger partial charge in [-0.3, -0.25) is 14.5 Å². The van der Waals surface area contributed by atoms with Crippen molar-refractivity contribution in [3.63, 3.8) is 0 Å². The normalized spacial score (nSPS) is 14.4. The van der Waals surface area contributed by atoms with Gasteiger partial charge in [0.25, 0.3) is 11.5 Å². The molecule has 1 saturated heterocycles. The van der Waals surface area contributed by atoms with E-state index in [-0.39, 0.29) is 5.56 Å². The molecular formula is C31H33N5O4. The molecule has 0 spiro atoms. The van der Waals surface area contributed by atoms with E-state index in [0.717, 1.165) is 43.8 Å². The zero-order valence-electron chi connectivity index (χ0n) is 23.4. The first kappa shape index (κ1) is 27.2. The second-order valence-electron chi connectivity index (χ2n) is 10.6. The topological polar surface area (TPSA) is 110 Å². The Balaban J connectivity index is 1.44. The molecule has 1 aliphatic heterocycles. The molecule has 4 aromatic rings. The van der Waals surface area contributed by atoms with Crippen LogP contribution in [0, 0.1) is 13.8 Å². The van der Waals surface area contributed by atoms with E-state index in [1.807, 2.05) is 62.4 Å². The lowest BCUT2D eigenvalue weighted by atomic mass is 9.91. The molecule has 0 unspecified atom stereocenters. The molecule has 9 heteroatoms. The van der Waals surface area contributed by atoms with Gasteiger partial charge in [0.2, 0.25) is 5.88 Å². The molecule has 2 N–H and O–H groups in total. The summed E-state index contributed by atoms with van der Waals surface area (Å²) in [6.45, 7) is 7.75. The lowest BCUT2D eigenvalue weighted by Crippen LogP contribution is -2.59. The molecule has 0 radical (unpaired) electrons. The Morgan fingerprint density at radius 3 is 2.40 bits per heavy atom. The molecule has 3 heterocycles. The van der Waals surface area contributed by atoms with Crippen molar-refractivity contribution in [3.05, 3.63) is 93.4 Å². The molecule has 0 bridgehead atoms. The van der Waals surface area contributed by atoms with E-state index >= 15 is 0 Å². The lowest BCUT2D eigenvalue weighted by molar-refractivity contribution is -0.0873. The molecule has 1 fully saturated rings. The highest BCUT2D eigenvalue weighted by molar-refractivity contribution is 6.04. The minimum atomic E-state index is -0.632. The minimum Gasteiger partial charge on any atom is -0.481 e. The zero-order chi connectivity index (χ0) is 28.6. The number of carbonyl (C=O) groups excluding carboxylic acids is 1. The number of benzene rings is 2. The molecule has 9 nitrogen and oxygen atoms in total. The molecule has 1 aliphatic rings. The average molecular weight is 540 g/mol. The van der Waals surface area contributed by atoms with Crippen molar-refractivity contribution in [2.45, 2.75) is 32.9 Å². The first-order valence-corrected chi connectivity index (χ1v) is 13.1. The maximum atomic E-state index is 12.9. The number of carbonyl (C=O) groups is 1. The smallest absolute Gasteiger partial charge is 0.279 e. The fourth-order valence-corrected chi connectivity index (χ4v) is 5.32. The predicted octanol–water partition coefficient (Wildman–Crippen LogP) is 3.95. The van der Waals surface area contributed by atoms with Crippen LogP contribution in [0.1, 0.15) is 34.0 Å². The Morgan fingerprint density at radius 1 is 1.02 bits per heavy atom. The molecular weight excluding hydrogens is 506 g/mol. The van der Waals surface area contributed by atoms with Gasteiger partial charge >= 0.3 is 0 Å². The van der Waals surface area contributed by atoms with E-state index in [1.54, 1.807) is 7.11 Å². The zero-order valence-corrected chi connectivity index (χ0v) is 23.4. The maximum Gasteiger partial charge on any atom is 0.279 e. The van der Waals surface area contributed by atoms with Crippen molar-refractivity contribution >= 4 is 11.6 Å². The molecule has 206 valence electrons. The first-order chi connectivity index (χ1) is 19.1. The quantitative estimate of drug-likeness (QED) is 0.366. The lowest BCUT2D eigenvalue weighted by Gasteiger charge is -2.44. The second kappa shape index (κ2) is 10.7. The molecule has 0 atom stereocenters. The van der Waals surface area contributed by atoms with Gasteiger partial charge in [-0.2, -0.15) is 5.10 Å². The highest BCUT2D eigenvalue weighted by Gasteiger charge is 2.36. The van der Waals surface area contributed by atoms with Crippen LogP contribution in [0.4, 0.5) is 5.69 Å². The molecule has 5 rings (SSSR count). The van der Waals surface area contributed by atoms with Gasteiger partial charge in [-0.05, 0) is 61.2 Å². The van der Waals surface area contributed by atoms with Gasteiger partial charge in [-0.15, -0.1) is 0 Å². The number of nitrogens with zero attached hydrogens (tertiary/aromatic N) is 4. The van der Waals surface area contributed by atoms with Gasteiger partial charge in [0.1, 0.15) is 5.56 Å². The highest BCUT2D eigenvalue weighted by atomic mass is 16.5. The number of likely N-dealkylation sites (tertiary alicyclic amines) is 1. The van der Waals surface area contributed by atoms with E-state index in [4.69, 9.17) is 9.72 Å². The van der Waals surface area contributed by atoms with Gasteiger partial charge in [0.15, 0.2) is 0 Å². The number of β-amino-alcohol motifs (C(OH)–C–C–N with tert-alkyl or cyclic N) is 1. The number of rotatable bonds is 7. The van der Waals surface area contributed by atoms with E-state index in [2.05, 4.69) is 22.2 Å². The molecule has 0 saturated carbocycles. The summed E-state index contributed by atoms with van der Waals surface area (Å²) in [6, 6.07) is 17.3. The first-order valence-electron chi connectivity index (χ1n) is 13.1. The summed E-state index contributed by atoms with van der Waals surface area (Å²) < 4.78 is 6.78. The number of ether oxygens (including phenoxy) is 1. The number of aromatic nitrogens is 3. The fraction of sp³-hybridized carbons (Fsp3) is 0.290. The van der Waals surface area contributed by atoms with Crippen LogP contribution in [-0.4, -0.2) is 56.5 Å². The summed E-state index contributed by atoms with van der Waals surface area (Å²) in [5.74, 6) is 0.0870. The highest BCUT2D eigenvalue weighted by Crippen LogP contribution is 2.36. The van der Waals surface area contributed by atoms with Crippen molar-refractivity contribution in [3.8, 4) is 28.3 Å². The Morgan fingerprint density at radius 2 is 1.70 bits per heavy atom. The molecule has 1 amide bonds. The third-order valence-corrected chi connectivity index (χ3v) is 7.39. The third kappa shape index (κ3) is 5.25. The average Bonchev–Trinajstić information content (AvgIpc) is 2.91. The number of aliphatic hydroxyl groups is 1. The van der Waals surface area contributed by atoms with E-state index < -0.39 is 17.1 Å². The van der Waals surface area contributed by atoms with Crippen LogP contribution in [0.2, 0.25) is 0 Å². The van der Waals surface area contributed by atoms with Crippen LogP contribution in [0.25, 0.3) is 22.4 Å². The van der Waals surface area contributed by atoms with E-state index in [1.165, 1.54) is 19.3 Å². The minimum absolute atomic E-state index is 0.0310. The number of hydrogen-bond acceptors (Lipinski definition) is 7. The Bertz CT molecular complexity index is 1650. The van der Waals surface area contributed by atoms with Crippen molar-refractivity contribution in [1.29, 1.82) is 0 Å². The van der Waals surface area contributed by atoms with Crippen LogP contribution in [-0.2, 0) is 13.6 Å². The number of pyridine rings is 1. The van der Waals surface area contributed by atoms with Crippen LogP contribution < -0.4 is 15.6 Å². The van der Waals surface area contributed by atoms with Crippen LogP contribution in [0.5, 0.6) is 5.88 Å². The van der Waals surface area contributed by atoms with E-state index in [9.17, 15) is 14.7 Å². The summed E-state index contributed by atoms with van der Waals surface area (Å²) in [4.78, 5) is 32.3. The molecule has 0 aliphatic carbocycles. The third-order valence-electron chi connectivity index (χ3n) is 7.39. The summed E-state index contributed by atoms with van der Waals surface area (Å²) >= 11 is 0. The van der Waals surface area contributed by atoms with Crippen LogP contribution in [0.15, 0.2) is 65.6 Å². The Hall–Kier alpha value is -4.34. The van der Waals surface area contributed by atoms with Crippen molar-refractivity contribution in [1.82, 2.24) is 19.7 Å². The number of nitrogens with one attached hydrogen (secondary N) is 1. The maximum absolute atomic E-state index is 12.9. The van der Waals surface area contributed by atoms with Gasteiger partial charge in [0, 0.05) is 49.7 Å². The Labute approximate surface area is 233 Å². The van der Waals surface area contributed by atoms with Crippen molar-refractivity contribution in [2.24, 2.45) is 7.05 Å². The van der Waals surface area contributed by atoms with Gasteiger partial charge in [-0.25, -0.2) is 9.67 Å². The van der Waals surface area contributed by atoms with Gasteiger partial charge < -0.3 is 15.2 Å². The second-order valence-corrected chi connectivity index (χ2v) is 10.6. The number of hydrogen-bond donors (Lipinski definition) is 2. The number of aryl methyl sites for hydroxylation is 1. The number of amides is 1. The largest absolute Gasteiger partial charge is 0.481 e. The predicted molar refractivity (Wildman–Crippen MR) is 154 cm³/mol. The van der Waals surface area contributed by atoms with Crippen LogP contribution >= 0.6 is 0 Å². The van der Waals surface area contributed by atoms with Gasteiger partial charge in [-0.1, -0.05) is 36.4 Å². The summed E-state index contributed by atoms with van der Waals surface area (Å²) in [5, 5.41) is 16.8. The number of anilines is 1. The molecule has 40 heavy (non-hydrogen) atoms. The summed E-state index contributed by atoms with van der Waals surface area (Å²) in [7, 11) is 3.13. The molecule has 2 aromatic heterocycles. The van der Waals surface area contributed by atoms with Crippen molar-refractivity contribution in [2.75, 3.05) is 25.5 Å². The fourth-order valence-electron chi connectivity index (χ4n) is 5.32.